The molecule has 0 fully saturated rings. The molecule has 27 heavy (non-hydrogen) atoms. The van der Waals surface area contributed by atoms with E-state index in [1.165, 1.54) is 0 Å². The van der Waals surface area contributed by atoms with E-state index in [9.17, 15) is 5.11 Å². The Hall–Kier alpha value is -2.33. The van der Waals surface area contributed by atoms with E-state index < -0.39 is 0 Å². The number of para-hydroxylation sites is 2. The molecule has 1 unspecified atom stereocenters. The molecule has 0 saturated heterocycles. The maximum absolute atomic E-state index is 10.1. The number of aliphatic hydroxyl groups excluding tert-OH is 1. The molecule has 136 valence electrons. The lowest BCUT2D eigenvalue weighted by Crippen LogP contribution is -2.14. The number of halogens is 2. The quantitative estimate of drug-likeness (QED) is 0.482. The molecule has 0 aliphatic heterocycles. The second-order valence-corrected chi connectivity index (χ2v) is 7.27. The van der Waals surface area contributed by atoms with Gasteiger partial charge in [-0.2, -0.15) is 0 Å². The highest BCUT2D eigenvalue weighted by Crippen LogP contribution is 2.30. The number of aliphatic hydroxyl groups is 1. The van der Waals surface area contributed by atoms with Crippen molar-refractivity contribution in [3.8, 4) is 0 Å². The molecule has 1 atom stereocenters. The van der Waals surface area contributed by atoms with Crippen LogP contribution in [0.15, 0.2) is 72.8 Å². The van der Waals surface area contributed by atoms with Crippen LogP contribution in [-0.2, 0) is 6.54 Å². The van der Waals surface area contributed by atoms with E-state index in [1.54, 1.807) is 12.1 Å². The van der Waals surface area contributed by atoms with E-state index in [0.29, 0.717) is 16.6 Å². The summed E-state index contributed by atoms with van der Waals surface area (Å²) in [4.78, 5) is 4.84. The van der Waals surface area contributed by atoms with Crippen molar-refractivity contribution in [3.63, 3.8) is 0 Å². The average molecular weight is 397 g/mol. The Morgan fingerprint density at radius 2 is 1.67 bits per heavy atom. The molecular weight excluding hydrogens is 379 g/mol. The number of fused-ring (bicyclic) bond motifs is 1. The van der Waals surface area contributed by atoms with Gasteiger partial charge in [0.05, 0.1) is 30.1 Å². The van der Waals surface area contributed by atoms with E-state index in [0.717, 1.165) is 28.0 Å². The van der Waals surface area contributed by atoms with E-state index in [2.05, 4.69) is 4.57 Å². The summed E-state index contributed by atoms with van der Waals surface area (Å²) in [6, 6.07) is 23.3. The van der Waals surface area contributed by atoms with Gasteiger partial charge in [-0.05, 0) is 41.5 Å². The summed E-state index contributed by atoms with van der Waals surface area (Å²) >= 11 is 12.6. The van der Waals surface area contributed by atoms with Gasteiger partial charge in [-0.25, -0.2) is 4.98 Å². The molecule has 3 nitrogen and oxygen atoms in total. The standard InChI is InChI=1S/C22H18Cl2N2O/c23-17-10-11-19(24)16(12-17)13-26-21-9-5-4-8-20(21)25-22(26)18(14-27)15-6-2-1-3-7-15/h1-12,18,27H,13-14H2. The number of hydrogen-bond acceptors (Lipinski definition) is 2. The summed E-state index contributed by atoms with van der Waals surface area (Å²) in [6.45, 7) is 0.495. The number of nitrogens with zero attached hydrogens (tertiary/aromatic N) is 2. The van der Waals surface area contributed by atoms with Gasteiger partial charge in [0.2, 0.25) is 0 Å². The van der Waals surface area contributed by atoms with Crippen LogP contribution in [0.25, 0.3) is 11.0 Å². The fourth-order valence-electron chi connectivity index (χ4n) is 3.38. The Balaban J connectivity index is 1.88. The summed E-state index contributed by atoms with van der Waals surface area (Å²) in [7, 11) is 0. The minimum atomic E-state index is -0.225. The predicted octanol–water partition coefficient (Wildman–Crippen LogP) is 5.52. The largest absolute Gasteiger partial charge is 0.395 e. The van der Waals surface area contributed by atoms with Crippen molar-refractivity contribution in [2.24, 2.45) is 0 Å². The molecule has 0 aliphatic carbocycles. The third-order valence-electron chi connectivity index (χ3n) is 4.72. The Morgan fingerprint density at radius 1 is 0.926 bits per heavy atom. The van der Waals surface area contributed by atoms with Gasteiger partial charge < -0.3 is 9.67 Å². The van der Waals surface area contributed by atoms with Crippen molar-refractivity contribution in [2.75, 3.05) is 6.61 Å². The van der Waals surface area contributed by atoms with E-state index >= 15 is 0 Å². The van der Waals surface area contributed by atoms with Gasteiger partial charge >= 0.3 is 0 Å². The predicted molar refractivity (Wildman–Crippen MR) is 111 cm³/mol. The summed E-state index contributed by atoms with van der Waals surface area (Å²) < 4.78 is 2.11. The van der Waals surface area contributed by atoms with Gasteiger partial charge in [0.15, 0.2) is 0 Å². The van der Waals surface area contributed by atoms with E-state index in [1.807, 2.05) is 60.7 Å². The van der Waals surface area contributed by atoms with Crippen LogP contribution in [0.3, 0.4) is 0 Å². The number of rotatable bonds is 5. The van der Waals surface area contributed by atoms with Crippen molar-refractivity contribution in [1.29, 1.82) is 0 Å². The van der Waals surface area contributed by atoms with Crippen molar-refractivity contribution in [2.45, 2.75) is 12.5 Å². The van der Waals surface area contributed by atoms with Gasteiger partial charge in [-0.1, -0.05) is 65.7 Å². The van der Waals surface area contributed by atoms with Crippen molar-refractivity contribution in [3.05, 3.63) is 99.8 Å². The zero-order chi connectivity index (χ0) is 18.8. The first kappa shape index (κ1) is 18.1. The fourth-order valence-corrected chi connectivity index (χ4v) is 3.75. The van der Waals surface area contributed by atoms with Gasteiger partial charge in [0, 0.05) is 10.0 Å². The molecular formula is C22H18Cl2N2O. The molecule has 0 aliphatic rings. The summed E-state index contributed by atoms with van der Waals surface area (Å²) in [5.74, 6) is 0.581. The maximum atomic E-state index is 10.1. The number of benzene rings is 3. The molecule has 1 heterocycles. The highest BCUT2D eigenvalue weighted by atomic mass is 35.5. The molecule has 0 saturated carbocycles. The average Bonchev–Trinajstić information content (AvgIpc) is 3.04. The van der Waals surface area contributed by atoms with Crippen LogP contribution in [-0.4, -0.2) is 21.3 Å². The molecule has 1 N–H and O–H groups in total. The minimum Gasteiger partial charge on any atom is -0.395 e. The summed E-state index contributed by atoms with van der Waals surface area (Å²) in [5, 5.41) is 11.4. The SMILES string of the molecule is OCC(c1ccccc1)c1nc2ccccc2n1Cc1cc(Cl)ccc1Cl. The first-order chi connectivity index (χ1) is 13.2. The molecule has 0 radical (unpaired) electrons. The maximum Gasteiger partial charge on any atom is 0.120 e. The van der Waals surface area contributed by atoms with Crippen LogP contribution >= 0.6 is 23.2 Å². The third kappa shape index (κ3) is 3.59. The second kappa shape index (κ2) is 7.73. The highest BCUT2D eigenvalue weighted by molar-refractivity contribution is 6.33. The number of imidazole rings is 1. The Labute approximate surface area is 167 Å². The lowest BCUT2D eigenvalue weighted by molar-refractivity contribution is 0.275. The van der Waals surface area contributed by atoms with Crippen molar-refractivity contribution in [1.82, 2.24) is 9.55 Å². The summed E-state index contributed by atoms with van der Waals surface area (Å²) in [5.41, 5.74) is 3.82. The zero-order valence-electron chi connectivity index (χ0n) is 14.5. The van der Waals surface area contributed by atoms with Crippen LogP contribution in [0.5, 0.6) is 0 Å². The number of hydrogen-bond donors (Lipinski definition) is 1. The van der Waals surface area contributed by atoms with Crippen LogP contribution < -0.4 is 0 Å². The first-order valence-corrected chi connectivity index (χ1v) is 9.48. The normalized spacial score (nSPS) is 12.4. The van der Waals surface area contributed by atoms with E-state index in [-0.39, 0.29) is 12.5 Å². The van der Waals surface area contributed by atoms with Gasteiger partial charge in [-0.15, -0.1) is 0 Å². The lowest BCUT2D eigenvalue weighted by Gasteiger charge is -2.18. The number of aromatic nitrogens is 2. The molecule has 1 aromatic heterocycles. The van der Waals surface area contributed by atoms with Gasteiger partial charge in [-0.3, -0.25) is 0 Å². The zero-order valence-corrected chi connectivity index (χ0v) is 16.0. The van der Waals surface area contributed by atoms with Crippen molar-refractivity contribution >= 4 is 34.2 Å². The van der Waals surface area contributed by atoms with Crippen LogP contribution in [0.1, 0.15) is 22.9 Å². The van der Waals surface area contributed by atoms with E-state index in [4.69, 9.17) is 28.2 Å². The summed E-state index contributed by atoms with van der Waals surface area (Å²) in [6.07, 6.45) is 0. The van der Waals surface area contributed by atoms with Crippen molar-refractivity contribution < 1.29 is 5.11 Å². The molecule has 5 heteroatoms. The Morgan fingerprint density at radius 3 is 2.44 bits per heavy atom. The molecule has 0 spiro atoms. The smallest absolute Gasteiger partial charge is 0.120 e. The molecule has 4 rings (SSSR count). The minimum absolute atomic E-state index is 0.0311. The topological polar surface area (TPSA) is 38.1 Å². The lowest BCUT2D eigenvalue weighted by atomic mass is 9.99. The fraction of sp³-hybridized carbons (Fsp3) is 0.136. The monoisotopic (exact) mass is 396 g/mol. The van der Waals surface area contributed by atoms with Crippen LogP contribution in [0.4, 0.5) is 0 Å². The third-order valence-corrected chi connectivity index (χ3v) is 5.32. The molecule has 0 bridgehead atoms. The van der Waals surface area contributed by atoms with Gasteiger partial charge in [0.1, 0.15) is 5.82 Å². The Bertz CT molecular complexity index is 1080. The first-order valence-electron chi connectivity index (χ1n) is 8.72. The van der Waals surface area contributed by atoms with Crippen LogP contribution in [0, 0.1) is 0 Å². The highest BCUT2D eigenvalue weighted by Gasteiger charge is 2.22. The molecule has 4 aromatic rings. The van der Waals surface area contributed by atoms with Crippen LogP contribution in [0.2, 0.25) is 10.0 Å². The second-order valence-electron chi connectivity index (χ2n) is 6.43. The molecule has 3 aromatic carbocycles. The van der Waals surface area contributed by atoms with Gasteiger partial charge in [0.25, 0.3) is 0 Å². The Kier molecular flexibility index (Phi) is 5.17. The molecule has 0 amide bonds.